The molecule has 1 atom stereocenters. The third-order valence-corrected chi connectivity index (χ3v) is 2.34. The fourth-order valence-electron chi connectivity index (χ4n) is 1.63. The van der Waals surface area contributed by atoms with Crippen molar-refractivity contribution in [1.82, 2.24) is 25.8 Å². The average molecular weight is 248 g/mol. The second-order valence-electron chi connectivity index (χ2n) is 4.12. The molecule has 2 aromatic rings. The molecule has 0 saturated heterocycles. The molecule has 7 heteroatoms. The summed E-state index contributed by atoms with van der Waals surface area (Å²) >= 11 is 0. The Morgan fingerprint density at radius 1 is 1.33 bits per heavy atom. The summed E-state index contributed by atoms with van der Waals surface area (Å²) in [5.74, 6) is 6.25. The van der Waals surface area contributed by atoms with Crippen LogP contribution in [0.5, 0.6) is 5.75 Å². The normalized spacial score (nSPS) is 12.7. The van der Waals surface area contributed by atoms with Gasteiger partial charge < -0.3 is 4.74 Å². The van der Waals surface area contributed by atoms with E-state index in [2.05, 4.69) is 25.8 Å². The number of aromatic nitrogens is 4. The van der Waals surface area contributed by atoms with Crippen LogP contribution in [0, 0.1) is 0 Å². The standard InChI is InChI=1S/C11H16N6O/c1-7(2)18-9-3-8(4-13-5-9)11(15-12)10-6-14-17-16-10/h3-7,11,15H,12H2,1-2H3,(H,14,16,17). The number of pyridine rings is 1. The number of hydrazine groups is 1. The smallest absolute Gasteiger partial charge is 0.138 e. The number of nitrogens with one attached hydrogen (secondary N) is 2. The molecule has 7 nitrogen and oxygen atoms in total. The highest BCUT2D eigenvalue weighted by molar-refractivity contribution is 5.30. The van der Waals surface area contributed by atoms with Crippen molar-refractivity contribution in [1.29, 1.82) is 0 Å². The van der Waals surface area contributed by atoms with E-state index in [0.717, 1.165) is 5.56 Å². The molecular weight excluding hydrogens is 232 g/mol. The van der Waals surface area contributed by atoms with E-state index in [1.165, 1.54) is 0 Å². The molecule has 4 N–H and O–H groups in total. The van der Waals surface area contributed by atoms with E-state index in [0.29, 0.717) is 11.4 Å². The van der Waals surface area contributed by atoms with Gasteiger partial charge in [0.05, 0.1) is 24.5 Å². The molecule has 0 radical (unpaired) electrons. The highest BCUT2D eigenvalue weighted by atomic mass is 16.5. The molecule has 96 valence electrons. The van der Waals surface area contributed by atoms with Gasteiger partial charge in [-0.1, -0.05) is 0 Å². The zero-order valence-electron chi connectivity index (χ0n) is 10.3. The van der Waals surface area contributed by atoms with E-state index in [-0.39, 0.29) is 12.1 Å². The molecule has 0 aromatic carbocycles. The second kappa shape index (κ2) is 5.56. The number of nitrogens with two attached hydrogens (primary N) is 1. The van der Waals surface area contributed by atoms with E-state index in [1.807, 2.05) is 19.9 Å². The van der Waals surface area contributed by atoms with E-state index in [4.69, 9.17) is 10.6 Å². The Balaban J connectivity index is 2.26. The van der Waals surface area contributed by atoms with Gasteiger partial charge in [-0.2, -0.15) is 15.4 Å². The number of aromatic amines is 1. The van der Waals surface area contributed by atoms with Crippen molar-refractivity contribution >= 4 is 0 Å². The molecule has 2 rings (SSSR count). The van der Waals surface area contributed by atoms with Crippen LogP contribution in [0.3, 0.4) is 0 Å². The number of rotatable bonds is 5. The summed E-state index contributed by atoms with van der Waals surface area (Å²) in [4.78, 5) is 4.14. The molecule has 2 aromatic heterocycles. The maximum atomic E-state index is 5.59. The van der Waals surface area contributed by atoms with Crippen molar-refractivity contribution in [3.8, 4) is 5.75 Å². The minimum atomic E-state index is -0.271. The summed E-state index contributed by atoms with van der Waals surface area (Å²) in [5, 5.41) is 10.3. The van der Waals surface area contributed by atoms with Gasteiger partial charge in [-0.15, -0.1) is 0 Å². The van der Waals surface area contributed by atoms with Gasteiger partial charge >= 0.3 is 0 Å². The number of ether oxygens (including phenoxy) is 1. The summed E-state index contributed by atoms with van der Waals surface area (Å²) in [6.07, 6.45) is 5.09. The average Bonchev–Trinajstić information content (AvgIpc) is 2.83. The van der Waals surface area contributed by atoms with Gasteiger partial charge in [0.2, 0.25) is 0 Å². The van der Waals surface area contributed by atoms with Crippen LogP contribution >= 0.6 is 0 Å². The van der Waals surface area contributed by atoms with Crippen molar-refractivity contribution in [2.45, 2.75) is 26.0 Å². The van der Waals surface area contributed by atoms with Gasteiger partial charge in [0.1, 0.15) is 11.4 Å². The van der Waals surface area contributed by atoms with Crippen LogP contribution in [-0.4, -0.2) is 26.5 Å². The van der Waals surface area contributed by atoms with Gasteiger partial charge in [0.15, 0.2) is 0 Å². The summed E-state index contributed by atoms with van der Waals surface area (Å²) in [5.41, 5.74) is 4.24. The zero-order valence-corrected chi connectivity index (χ0v) is 10.3. The number of H-pyrrole nitrogens is 1. The van der Waals surface area contributed by atoms with Gasteiger partial charge in [-0.25, -0.2) is 5.43 Å². The van der Waals surface area contributed by atoms with Crippen molar-refractivity contribution in [3.05, 3.63) is 35.9 Å². The molecule has 0 fully saturated rings. The lowest BCUT2D eigenvalue weighted by molar-refractivity contribution is 0.241. The van der Waals surface area contributed by atoms with Crippen LogP contribution in [0.1, 0.15) is 31.1 Å². The molecule has 0 aliphatic heterocycles. The minimum absolute atomic E-state index is 0.0957. The summed E-state index contributed by atoms with van der Waals surface area (Å²) in [7, 11) is 0. The lowest BCUT2D eigenvalue weighted by Crippen LogP contribution is -2.29. The van der Waals surface area contributed by atoms with E-state index < -0.39 is 0 Å². The first-order valence-electron chi connectivity index (χ1n) is 5.64. The highest BCUT2D eigenvalue weighted by Crippen LogP contribution is 2.22. The lowest BCUT2D eigenvalue weighted by atomic mass is 10.1. The highest BCUT2D eigenvalue weighted by Gasteiger charge is 2.16. The topological polar surface area (TPSA) is 102 Å². The number of hydrogen-bond donors (Lipinski definition) is 3. The quantitative estimate of drug-likeness (QED) is 0.527. The van der Waals surface area contributed by atoms with E-state index in [1.54, 1.807) is 18.6 Å². The zero-order chi connectivity index (χ0) is 13.0. The first kappa shape index (κ1) is 12.5. The molecule has 0 bridgehead atoms. The van der Waals surface area contributed by atoms with Gasteiger partial charge in [-0.3, -0.25) is 10.8 Å². The Hall–Kier alpha value is -1.99. The fraction of sp³-hybridized carbons (Fsp3) is 0.364. The van der Waals surface area contributed by atoms with E-state index >= 15 is 0 Å². The minimum Gasteiger partial charge on any atom is -0.489 e. The van der Waals surface area contributed by atoms with Crippen LogP contribution in [0.2, 0.25) is 0 Å². The van der Waals surface area contributed by atoms with Gasteiger partial charge in [-0.05, 0) is 25.5 Å². The maximum absolute atomic E-state index is 5.59. The Morgan fingerprint density at radius 2 is 2.17 bits per heavy atom. The second-order valence-corrected chi connectivity index (χ2v) is 4.12. The van der Waals surface area contributed by atoms with Crippen molar-refractivity contribution < 1.29 is 4.74 Å². The molecule has 0 aliphatic carbocycles. The monoisotopic (exact) mass is 248 g/mol. The molecule has 0 aliphatic rings. The molecule has 0 amide bonds. The van der Waals surface area contributed by atoms with Crippen molar-refractivity contribution in [2.75, 3.05) is 0 Å². The largest absolute Gasteiger partial charge is 0.489 e. The summed E-state index contributed by atoms with van der Waals surface area (Å²) in [6, 6.07) is 1.61. The van der Waals surface area contributed by atoms with Crippen molar-refractivity contribution in [2.24, 2.45) is 5.84 Å². The molecule has 0 saturated carbocycles. The molecule has 2 heterocycles. The van der Waals surface area contributed by atoms with Crippen LogP contribution in [0.15, 0.2) is 24.7 Å². The SMILES string of the molecule is CC(C)Oc1cncc(C(NN)c2cn[nH]n2)c1. The van der Waals surface area contributed by atoms with E-state index in [9.17, 15) is 0 Å². The Morgan fingerprint density at radius 3 is 2.78 bits per heavy atom. The number of hydrogen-bond acceptors (Lipinski definition) is 6. The summed E-state index contributed by atoms with van der Waals surface area (Å²) in [6.45, 7) is 3.92. The fourth-order valence-corrected chi connectivity index (χ4v) is 1.63. The Bertz CT molecular complexity index is 484. The van der Waals surface area contributed by atoms with Gasteiger partial charge in [0.25, 0.3) is 0 Å². The molecular formula is C11H16N6O. The summed E-state index contributed by atoms with van der Waals surface area (Å²) < 4.78 is 5.59. The predicted molar refractivity (Wildman–Crippen MR) is 65.5 cm³/mol. The number of nitrogens with zero attached hydrogens (tertiary/aromatic N) is 3. The molecule has 0 spiro atoms. The van der Waals surface area contributed by atoms with Crippen LogP contribution < -0.4 is 16.0 Å². The Labute approximate surface area is 105 Å². The van der Waals surface area contributed by atoms with Gasteiger partial charge in [0, 0.05) is 6.20 Å². The predicted octanol–water partition coefficient (Wildman–Crippen LogP) is 0.540. The molecule has 18 heavy (non-hydrogen) atoms. The first-order valence-corrected chi connectivity index (χ1v) is 5.64. The lowest BCUT2D eigenvalue weighted by Gasteiger charge is -2.15. The third-order valence-electron chi connectivity index (χ3n) is 2.34. The Kier molecular flexibility index (Phi) is 3.85. The van der Waals surface area contributed by atoms with Crippen LogP contribution in [0.25, 0.3) is 0 Å². The maximum Gasteiger partial charge on any atom is 0.138 e. The third kappa shape index (κ3) is 2.82. The molecule has 1 unspecified atom stereocenters. The van der Waals surface area contributed by atoms with Crippen LogP contribution in [-0.2, 0) is 0 Å². The van der Waals surface area contributed by atoms with Crippen LogP contribution in [0.4, 0.5) is 0 Å². The first-order chi connectivity index (χ1) is 8.70. The van der Waals surface area contributed by atoms with Crippen molar-refractivity contribution in [3.63, 3.8) is 0 Å².